The number of amides is 4. The molecule has 2 N–H and O–H groups in total. The van der Waals surface area contributed by atoms with Crippen LogP contribution >= 0.6 is 0 Å². The first-order chi connectivity index (χ1) is 11.6. The van der Waals surface area contributed by atoms with E-state index >= 15 is 0 Å². The zero-order valence-electron chi connectivity index (χ0n) is 14.8. The standard InChI is InChI=1S/C16H21N3O6/c1-6-16(5)14(22)19(15(23)17-16)18-11(20)7-24-13(21)12-8(2)9(3)25-10(12)4/h6-7H2,1-5H3,(H,17,23)(H,18,20). The van der Waals surface area contributed by atoms with E-state index in [-0.39, 0.29) is 5.56 Å². The summed E-state index contributed by atoms with van der Waals surface area (Å²) in [5.41, 5.74) is 1.97. The van der Waals surface area contributed by atoms with Gasteiger partial charge in [0.15, 0.2) is 6.61 Å². The van der Waals surface area contributed by atoms with Crippen LogP contribution in [0.4, 0.5) is 4.79 Å². The lowest BCUT2D eigenvalue weighted by atomic mass is 10.00. The highest BCUT2D eigenvalue weighted by atomic mass is 16.5. The minimum atomic E-state index is -1.07. The van der Waals surface area contributed by atoms with Crippen LogP contribution in [0.25, 0.3) is 0 Å². The largest absolute Gasteiger partial charge is 0.465 e. The molecule has 2 rings (SSSR count). The van der Waals surface area contributed by atoms with Crippen LogP contribution in [0.2, 0.25) is 0 Å². The number of imide groups is 1. The molecule has 0 radical (unpaired) electrons. The van der Waals surface area contributed by atoms with Crippen LogP contribution < -0.4 is 10.7 Å². The lowest BCUT2D eigenvalue weighted by Crippen LogP contribution is -2.49. The Morgan fingerprint density at radius 3 is 2.36 bits per heavy atom. The summed E-state index contributed by atoms with van der Waals surface area (Å²) in [6, 6.07) is -0.730. The van der Waals surface area contributed by atoms with Crippen molar-refractivity contribution in [2.45, 2.75) is 46.6 Å². The molecule has 0 saturated carbocycles. The van der Waals surface area contributed by atoms with Gasteiger partial charge in [0.1, 0.15) is 22.6 Å². The summed E-state index contributed by atoms with van der Waals surface area (Å²) in [4.78, 5) is 48.0. The molecule has 0 aliphatic carbocycles. The minimum absolute atomic E-state index is 0.263. The molecular formula is C16H21N3O6. The Kier molecular flexibility index (Phi) is 4.87. The van der Waals surface area contributed by atoms with Gasteiger partial charge in [0, 0.05) is 5.56 Å². The summed E-state index contributed by atoms with van der Waals surface area (Å²) < 4.78 is 10.3. The van der Waals surface area contributed by atoms with Crippen molar-refractivity contribution in [3.8, 4) is 0 Å². The van der Waals surface area contributed by atoms with E-state index in [2.05, 4.69) is 10.7 Å². The molecule has 9 heteroatoms. The molecule has 136 valence electrons. The van der Waals surface area contributed by atoms with Crippen LogP contribution in [0.5, 0.6) is 0 Å². The molecule has 0 spiro atoms. The van der Waals surface area contributed by atoms with Crippen molar-refractivity contribution >= 4 is 23.8 Å². The number of carbonyl (C=O) groups excluding carboxylic acids is 4. The first-order valence-electron chi connectivity index (χ1n) is 7.80. The lowest BCUT2D eigenvalue weighted by molar-refractivity contribution is -0.139. The third-order valence-corrected chi connectivity index (χ3v) is 4.30. The highest BCUT2D eigenvalue weighted by molar-refractivity contribution is 6.07. The number of rotatable bonds is 5. The summed E-state index contributed by atoms with van der Waals surface area (Å²) in [7, 11) is 0. The van der Waals surface area contributed by atoms with Gasteiger partial charge in [-0.3, -0.25) is 15.0 Å². The Morgan fingerprint density at radius 2 is 1.88 bits per heavy atom. The number of hydrogen-bond acceptors (Lipinski definition) is 6. The van der Waals surface area contributed by atoms with Crippen molar-refractivity contribution in [1.29, 1.82) is 0 Å². The van der Waals surface area contributed by atoms with E-state index in [0.717, 1.165) is 0 Å². The molecule has 1 aliphatic rings. The van der Waals surface area contributed by atoms with E-state index in [1.54, 1.807) is 34.6 Å². The molecule has 1 atom stereocenters. The van der Waals surface area contributed by atoms with Crippen LogP contribution in [-0.4, -0.2) is 41.0 Å². The maximum absolute atomic E-state index is 12.2. The third-order valence-electron chi connectivity index (χ3n) is 4.30. The van der Waals surface area contributed by atoms with E-state index in [4.69, 9.17) is 9.15 Å². The molecule has 0 aromatic carbocycles. The van der Waals surface area contributed by atoms with Crippen molar-refractivity contribution < 1.29 is 28.3 Å². The van der Waals surface area contributed by atoms with Gasteiger partial charge in [0.05, 0.1) is 0 Å². The van der Waals surface area contributed by atoms with Crippen LogP contribution in [0.1, 0.15) is 47.7 Å². The molecule has 1 aromatic rings. The zero-order valence-corrected chi connectivity index (χ0v) is 14.8. The normalized spacial score (nSPS) is 19.8. The van der Waals surface area contributed by atoms with Crippen LogP contribution in [-0.2, 0) is 14.3 Å². The smallest absolute Gasteiger partial charge is 0.344 e. The fourth-order valence-electron chi connectivity index (χ4n) is 2.48. The summed E-state index contributed by atoms with van der Waals surface area (Å²) in [5, 5.41) is 3.09. The molecule has 1 aliphatic heterocycles. The van der Waals surface area contributed by atoms with Gasteiger partial charge in [0.25, 0.3) is 11.8 Å². The van der Waals surface area contributed by atoms with E-state index in [0.29, 0.717) is 28.5 Å². The van der Waals surface area contributed by atoms with Crippen molar-refractivity contribution in [3.05, 3.63) is 22.6 Å². The second-order valence-corrected chi connectivity index (χ2v) is 6.08. The fraction of sp³-hybridized carbons (Fsp3) is 0.500. The number of furan rings is 1. The van der Waals surface area contributed by atoms with Gasteiger partial charge in [-0.1, -0.05) is 6.92 Å². The number of esters is 1. The Bertz CT molecular complexity index is 753. The van der Waals surface area contributed by atoms with E-state index < -0.39 is 36.0 Å². The summed E-state index contributed by atoms with van der Waals surface area (Å²) in [5.74, 6) is -1.09. The molecule has 1 fully saturated rings. The first-order valence-corrected chi connectivity index (χ1v) is 7.80. The van der Waals surface area contributed by atoms with Crippen molar-refractivity contribution in [1.82, 2.24) is 15.8 Å². The van der Waals surface area contributed by atoms with E-state index in [9.17, 15) is 19.2 Å². The van der Waals surface area contributed by atoms with Gasteiger partial charge in [-0.15, -0.1) is 0 Å². The quantitative estimate of drug-likeness (QED) is 0.606. The Balaban J connectivity index is 1.96. The van der Waals surface area contributed by atoms with Gasteiger partial charge in [-0.25, -0.2) is 9.59 Å². The maximum atomic E-state index is 12.2. The number of hydrazine groups is 1. The van der Waals surface area contributed by atoms with Crippen LogP contribution in [0, 0.1) is 20.8 Å². The van der Waals surface area contributed by atoms with Crippen molar-refractivity contribution in [3.63, 3.8) is 0 Å². The number of aryl methyl sites for hydroxylation is 2. The fourth-order valence-corrected chi connectivity index (χ4v) is 2.48. The summed E-state index contributed by atoms with van der Waals surface area (Å²) in [6.45, 7) is 7.71. The highest BCUT2D eigenvalue weighted by Gasteiger charge is 2.47. The van der Waals surface area contributed by atoms with E-state index in [1.165, 1.54) is 0 Å². The van der Waals surface area contributed by atoms with Gasteiger partial charge >= 0.3 is 12.0 Å². The average Bonchev–Trinajstić information content (AvgIpc) is 2.92. The van der Waals surface area contributed by atoms with Crippen LogP contribution in [0.3, 0.4) is 0 Å². The summed E-state index contributed by atoms with van der Waals surface area (Å²) >= 11 is 0. The van der Waals surface area contributed by atoms with Gasteiger partial charge < -0.3 is 14.5 Å². The number of ether oxygens (including phenoxy) is 1. The molecular weight excluding hydrogens is 330 g/mol. The third kappa shape index (κ3) is 3.35. The number of nitrogens with one attached hydrogen (secondary N) is 2. The maximum Gasteiger partial charge on any atom is 0.344 e. The number of nitrogens with zero attached hydrogens (tertiary/aromatic N) is 1. The minimum Gasteiger partial charge on any atom is -0.465 e. The lowest BCUT2D eigenvalue weighted by Gasteiger charge is -2.19. The number of hydrogen-bond donors (Lipinski definition) is 2. The molecule has 9 nitrogen and oxygen atoms in total. The predicted octanol–water partition coefficient (Wildman–Crippen LogP) is 1.11. The summed E-state index contributed by atoms with van der Waals surface area (Å²) in [6.07, 6.45) is 0.372. The Morgan fingerprint density at radius 1 is 1.24 bits per heavy atom. The Hall–Kier alpha value is -2.84. The molecule has 25 heavy (non-hydrogen) atoms. The Labute approximate surface area is 144 Å². The molecule has 1 saturated heterocycles. The monoisotopic (exact) mass is 351 g/mol. The second kappa shape index (κ2) is 6.58. The van der Waals surface area contributed by atoms with Crippen molar-refractivity contribution in [2.75, 3.05) is 6.61 Å². The van der Waals surface area contributed by atoms with E-state index in [1.807, 2.05) is 0 Å². The van der Waals surface area contributed by atoms with Gasteiger partial charge in [0.2, 0.25) is 0 Å². The molecule has 1 aromatic heterocycles. The zero-order chi connectivity index (χ0) is 18.9. The highest BCUT2D eigenvalue weighted by Crippen LogP contribution is 2.21. The van der Waals surface area contributed by atoms with Gasteiger partial charge in [-0.05, 0) is 34.1 Å². The molecule has 0 bridgehead atoms. The van der Waals surface area contributed by atoms with Crippen molar-refractivity contribution in [2.24, 2.45) is 0 Å². The molecule has 1 unspecified atom stereocenters. The van der Waals surface area contributed by atoms with Gasteiger partial charge in [-0.2, -0.15) is 5.01 Å². The second-order valence-electron chi connectivity index (χ2n) is 6.08. The number of carbonyl (C=O) groups is 4. The average molecular weight is 351 g/mol. The number of urea groups is 1. The predicted molar refractivity (Wildman–Crippen MR) is 85.4 cm³/mol. The molecule has 2 heterocycles. The van der Waals surface area contributed by atoms with Crippen LogP contribution in [0.15, 0.2) is 4.42 Å². The SMILES string of the molecule is CCC1(C)NC(=O)N(NC(=O)COC(=O)c2c(C)oc(C)c2C)C1=O. The topological polar surface area (TPSA) is 118 Å². The molecule has 4 amide bonds. The first kappa shape index (κ1) is 18.5.